The fraction of sp³-hybridized carbons (Fsp3) is 0.700. The minimum Gasteiger partial charge on any atom is -0.330 e. The third-order valence-corrected chi connectivity index (χ3v) is 5.43. The van der Waals surface area contributed by atoms with Crippen LogP contribution in [0.1, 0.15) is 62.5 Å². The molecule has 130 valence electrons. The van der Waals surface area contributed by atoms with Crippen LogP contribution in [0.25, 0.3) is 0 Å². The van der Waals surface area contributed by atoms with Crippen LogP contribution >= 0.6 is 0 Å². The SMILES string of the molecule is NCCCNCc1ccc(CCCC2(CN)CCCCC2)cc1. The lowest BCUT2D eigenvalue weighted by atomic mass is 9.71. The second kappa shape index (κ2) is 10.1. The predicted octanol–water partition coefficient (Wildman–Crippen LogP) is 3.36. The van der Waals surface area contributed by atoms with E-state index in [9.17, 15) is 0 Å². The van der Waals surface area contributed by atoms with Crippen LogP contribution < -0.4 is 16.8 Å². The number of benzene rings is 1. The van der Waals surface area contributed by atoms with Crippen LogP contribution in [-0.4, -0.2) is 19.6 Å². The van der Waals surface area contributed by atoms with Crippen molar-refractivity contribution in [3.63, 3.8) is 0 Å². The average molecular weight is 318 g/mol. The second-order valence-electron chi connectivity index (χ2n) is 7.25. The van der Waals surface area contributed by atoms with E-state index < -0.39 is 0 Å². The van der Waals surface area contributed by atoms with Gasteiger partial charge in [-0.3, -0.25) is 0 Å². The van der Waals surface area contributed by atoms with E-state index in [1.54, 1.807) is 0 Å². The molecule has 3 heteroatoms. The molecule has 2 rings (SSSR count). The number of nitrogens with two attached hydrogens (primary N) is 2. The van der Waals surface area contributed by atoms with E-state index in [-0.39, 0.29) is 0 Å². The third kappa shape index (κ3) is 6.25. The molecular formula is C20H35N3. The molecule has 1 saturated carbocycles. The zero-order chi connectivity index (χ0) is 16.4. The molecule has 1 aromatic carbocycles. The Morgan fingerprint density at radius 3 is 2.26 bits per heavy atom. The molecule has 0 heterocycles. The van der Waals surface area contributed by atoms with Gasteiger partial charge in [-0.15, -0.1) is 0 Å². The number of nitrogens with one attached hydrogen (secondary N) is 1. The van der Waals surface area contributed by atoms with Crippen LogP contribution in [0.5, 0.6) is 0 Å². The van der Waals surface area contributed by atoms with Crippen LogP contribution in [-0.2, 0) is 13.0 Å². The number of hydrogen-bond donors (Lipinski definition) is 3. The zero-order valence-corrected chi connectivity index (χ0v) is 14.7. The highest BCUT2D eigenvalue weighted by Gasteiger charge is 2.29. The van der Waals surface area contributed by atoms with Crippen molar-refractivity contribution in [2.24, 2.45) is 16.9 Å². The van der Waals surface area contributed by atoms with E-state index in [2.05, 4.69) is 29.6 Å². The normalized spacial score (nSPS) is 17.3. The molecule has 5 N–H and O–H groups in total. The molecule has 0 unspecified atom stereocenters. The van der Waals surface area contributed by atoms with E-state index in [0.717, 1.165) is 32.6 Å². The summed E-state index contributed by atoms with van der Waals surface area (Å²) >= 11 is 0. The molecular weight excluding hydrogens is 282 g/mol. The van der Waals surface area contributed by atoms with E-state index in [4.69, 9.17) is 11.5 Å². The van der Waals surface area contributed by atoms with Gasteiger partial charge in [-0.2, -0.15) is 0 Å². The van der Waals surface area contributed by atoms with E-state index in [1.807, 2.05) is 0 Å². The largest absolute Gasteiger partial charge is 0.330 e. The van der Waals surface area contributed by atoms with Crippen molar-refractivity contribution in [1.29, 1.82) is 0 Å². The maximum absolute atomic E-state index is 6.09. The Labute approximate surface area is 142 Å². The topological polar surface area (TPSA) is 64.1 Å². The minimum atomic E-state index is 0.450. The van der Waals surface area contributed by atoms with Gasteiger partial charge in [0.25, 0.3) is 0 Å². The first-order valence-corrected chi connectivity index (χ1v) is 9.47. The van der Waals surface area contributed by atoms with Crippen molar-refractivity contribution in [3.05, 3.63) is 35.4 Å². The van der Waals surface area contributed by atoms with Crippen LogP contribution in [0, 0.1) is 5.41 Å². The lowest BCUT2D eigenvalue weighted by Crippen LogP contribution is -2.32. The summed E-state index contributed by atoms with van der Waals surface area (Å²) in [4.78, 5) is 0. The average Bonchev–Trinajstić information content (AvgIpc) is 2.61. The highest BCUT2D eigenvalue weighted by atomic mass is 14.8. The van der Waals surface area contributed by atoms with Gasteiger partial charge in [-0.05, 0) is 74.7 Å². The molecule has 0 spiro atoms. The van der Waals surface area contributed by atoms with Crippen molar-refractivity contribution in [2.45, 2.75) is 64.3 Å². The van der Waals surface area contributed by atoms with E-state index in [1.165, 1.54) is 62.5 Å². The Kier molecular flexibility index (Phi) is 8.07. The van der Waals surface area contributed by atoms with E-state index in [0.29, 0.717) is 5.41 Å². The van der Waals surface area contributed by atoms with Crippen molar-refractivity contribution in [3.8, 4) is 0 Å². The van der Waals surface area contributed by atoms with Gasteiger partial charge in [0, 0.05) is 6.54 Å². The van der Waals surface area contributed by atoms with Crippen LogP contribution in [0.4, 0.5) is 0 Å². The Morgan fingerprint density at radius 2 is 1.61 bits per heavy atom. The smallest absolute Gasteiger partial charge is 0.0205 e. The first-order chi connectivity index (χ1) is 11.3. The molecule has 1 aliphatic rings. The standard InChI is InChI=1S/C20H35N3/c21-14-5-15-23-16-19-9-7-18(8-10-19)6-4-13-20(17-22)11-2-1-3-12-20/h7-10,23H,1-6,11-17,21-22H2. The van der Waals surface area contributed by atoms with E-state index >= 15 is 0 Å². The molecule has 23 heavy (non-hydrogen) atoms. The maximum Gasteiger partial charge on any atom is 0.0205 e. The number of hydrogen-bond acceptors (Lipinski definition) is 3. The summed E-state index contributed by atoms with van der Waals surface area (Å²) < 4.78 is 0. The van der Waals surface area contributed by atoms with Crippen LogP contribution in [0.3, 0.4) is 0 Å². The molecule has 0 saturated heterocycles. The Hall–Kier alpha value is -0.900. The number of rotatable bonds is 10. The van der Waals surface area contributed by atoms with Crippen molar-refractivity contribution in [2.75, 3.05) is 19.6 Å². The van der Waals surface area contributed by atoms with Crippen LogP contribution in [0.15, 0.2) is 24.3 Å². The highest BCUT2D eigenvalue weighted by Crippen LogP contribution is 2.39. The van der Waals surface area contributed by atoms with Gasteiger partial charge in [0.05, 0.1) is 0 Å². The zero-order valence-electron chi connectivity index (χ0n) is 14.7. The minimum absolute atomic E-state index is 0.450. The summed E-state index contributed by atoms with van der Waals surface area (Å²) in [5.41, 5.74) is 14.9. The van der Waals surface area contributed by atoms with Crippen molar-refractivity contribution >= 4 is 0 Å². The van der Waals surface area contributed by atoms with Gasteiger partial charge in [0.1, 0.15) is 0 Å². The van der Waals surface area contributed by atoms with Gasteiger partial charge in [0.15, 0.2) is 0 Å². The lowest BCUT2D eigenvalue weighted by molar-refractivity contribution is 0.178. The molecule has 3 nitrogen and oxygen atoms in total. The summed E-state index contributed by atoms with van der Waals surface area (Å²) in [6.45, 7) is 3.58. The first kappa shape index (κ1) is 18.4. The summed E-state index contributed by atoms with van der Waals surface area (Å²) in [6, 6.07) is 9.08. The van der Waals surface area contributed by atoms with Crippen molar-refractivity contribution < 1.29 is 0 Å². The Balaban J connectivity index is 1.71. The number of aryl methyl sites for hydroxylation is 1. The summed E-state index contributed by atoms with van der Waals surface area (Å²) in [7, 11) is 0. The molecule has 0 aromatic heterocycles. The van der Waals surface area contributed by atoms with Gasteiger partial charge in [-0.1, -0.05) is 43.5 Å². The fourth-order valence-corrected chi connectivity index (χ4v) is 3.81. The van der Waals surface area contributed by atoms with Gasteiger partial charge >= 0.3 is 0 Å². The molecule has 0 radical (unpaired) electrons. The highest BCUT2D eigenvalue weighted by molar-refractivity contribution is 5.22. The maximum atomic E-state index is 6.09. The third-order valence-electron chi connectivity index (χ3n) is 5.43. The van der Waals surface area contributed by atoms with Crippen molar-refractivity contribution in [1.82, 2.24) is 5.32 Å². The molecule has 0 aliphatic heterocycles. The Bertz CT molecular complexity index is 421. The molecule has 0 bridgehead atoms. The Morgan fingerprint density at radius 1 is 0.913 bits per heavy atom. The van der Waals surface area contributed by atoms with Crippen LogP contribution in [0.2, 0.25) is 0 Å². The summed E-state index contributed by atoms with van der Waals surface area (Å²) in [5, 5.41) is 3.43. The van der Waals surface area contributed by atoms with Gasteiger partial charge < -0.3 is 16.8 Å². The quantitative estimate of drug-likeness (QED) is 0.580. The second-order valence-corrected chi connectivity index (χ2v) is 7.25. The molecule has 1 fully saturated rings. The molecule has 1 aromatic rings. The van der Waals surface area contributed by atoms with Gasteiger partial charge in [-0.25, -0.2) is 0 Å². The lowest BCUT2D eigenvalue weighted by Gasteiger charge is -2.36. The molecule has 0 amide bonds. The van der Waals surface area contributed by atoms with Gasteiger partial charge in [0.2, 0.25) is 0 Å². The monoisotopic (exact) mass is 317 g/mol. The molecule has 1 aliphatic carbocycles. The summed E-state index contributed by atoms with van der Waals surface area (Å²) in [5.74, 6) is 0. The predicted molar refractivity (Wildman–Crippen MR) is 99.3 cm³/mol. The summed E-state index contributed by atoms with van der Waals surface area (Å²) in [6.07, 6.45) is 11.6. The molecule has 0 atom stereocenters. The first-order valence-electron chi connectivity index (χ1n) is 9.47. The fourth-order valence-electron chi connectivity index (χ4n) is 3.81.